The summed E-state index contributed by atoms with van der Waals surface area (Å²) >= 11 is 0. The second-order valence-corrected chi connectivity index (χ2v) is 14.9. The van der Waals surface area contributed by atoms with E-state index < -0.39 is 33.4 Å². The van der Waals surface area contributed by atoms with Crippen LogP contribution in [0.4, 0.5) is 4.39 Å². The number of Topliss-reactive ketones (excluding diaryl/α,β-unsaturated/α-hetero) is 1. The molecule has 36 heavy (non-hydrogen) atoms. The largest absolute Gasteiger partial charge is 0.455 e. The topological polar surface area (TPSA) is 67.2 Å². The minimum atomic E-state index is -1.25. The number of nitriles is 1. The van der Waals surface area contributed by atoms with E-state index in [-0.39, 0.29) is 46.4 Å². The summed E-state index contributed by atoms with van der Waals surface area (Å²) in [5.74, 6) is 0.376. The van der Waals surface area contributed by atoms with E-state index in [0.717, 1.165) is 38.5 Å². The van der Waals surface area contributed by atoms with Crippen LogP contribution < -0.4 is 0 Å². The van der Waals surface area contributed by atoms with Crippen molar-refractivity contribution in [3.8, 4) is 6.07 Å². The van der Waals surface area contributed by atoms with Crippen molar-refractivity contribution in [1.82, 2.24) is 0 Å². The molecule has 4 saturated carbocycles. The third kappa shape index (κ3) is 2.30. The minimum Gasteiger partial charge on any atom is -0.455 e. The molecule has 0 radical (unpaired) electrons. The molecule has 6 aliphatic rings. The lowest BCUT2D eigenvalue weighted by Crippen LogP contribution is -2.75. The van der Waals surface area contributed by atoms with Gasteiger partial charge in [-0.15, -0.1) is 0 Å². The van der Waals surface area contributed by atoms with Crippen molar-refractivity contribution in [2.45, 2.75) is 105 Å². The van der Waals surface area contributed by atoms with Crippen molar-refractivity contribution in [3.05, 3.63) is 11.6 Å². The molecule has 2 unspecified atom stereocenters. The smallest absolute Gasteiger partial charge is 0.313 e. The number of carbonyl (C=O) groups is 2. The van der Waals surface area contributed by atoms with Crippen LogP contribution in [0.5, 0.6) is 0 Å². The Balaban J connectivity index is 1.55. The highest BCUT2D eigenvalue weighted by atomic mass is 19.1. The fourth-order valence-corrected chi connectivity index (χ4v) is 11.6. The third-order valence-corrected chi connectivity index (χ3v) is 13.8. The van der Waals surface area contributed by atoms with Gasteiger partial charge in [0.15, 0.2) is 11.4 Å². The highest BCUT2D eigenvalue weighted by molar-refractivity contribution is 6.04. The highest BCUT2D eigenvalue weighted by Gasteiger charge is 2.84. The van der Waals surface area contributed by atoms with Gasteiger partial charge in [-0.25, -0.2) is 4.39 Å². The van der Waals surface area contributed by atoms with Crippen LogP contribution in [-0.2, 0) is 14.3 Å². The van der Waals surface area contributed by atoms with Gasteiger partial charge in [-0.05, 0) is 79.4 Å². The monoisotopic (exact) mass is 495 g/mol. The van der Waals surface area contributed by atoms with Crippen LogP contribution in [0.3, 0.4) is 0 Å². The van der Waals surface area contributed by atoms with Gasteiger partial charge >= 0.3 is 5.97 Å². The molecule has 0 aromatic rings. The van der Waals surface area contributed by atoms with Gasteiger partial charge in [0.05, 0.1) is 11.0 Å². The van der Waals surface area contributed by atoms with Gasteiger partial charge in [-0.3, -0.25) is 9.59 Å². The second kappa shape index (κ2) is 6.83. The van der Waals surface area contributed by atoms with E-state index in [9.17, 15) is 14.9 Å². The molecule has 0 aromatic heterocycles. The maximum absolute atomic E-state index is 17.2. The van der Waals surface area contributed by atoms with Gasteiger partial charge in [0.2, 0.25) is 0 Å². The number of rotatable bonds is 0. The first-order valence-electron chi connectivity index (χ1n) is 14.2. The molecular formula is C31H42FNO3. The van der Waals surface area contributed by atoms with Crippen LogP contribution in [0.2, 0.25) is 0 Å². The van der Waals surface area contributed by atoms with Crippen LogP contribution in [0.1, 0.15) is 93.4 Å². The number of fused-ring (bicyclic) bond motifs is 4. The van der Waals surface area contributed by atoms with E-state index in [1.54, 1.807) is 0 Å². The van der Waals surface area contributed by atoms with Crippen molar-refractivity contribution >= 4 is 11.8 Å². The summed E-state index contributed by atoms with van der Waals surface area (Å²) in [4.78, 5) is 26.9. The van der Waals surface area contributed by atoms with Crippen molar-refractivity contribution in [2.75, 3.05) is 0 Å². The maximum Gasteiger partial charge on any atom is 0.313 e. The number of carbonyl (C=O) groups excluding carboxylic acids is 2. The summed E-state index contributed by atoms with van der Waals surface area (Å²) in [6, 6.07) is 2.18. The molecule has 1 saturated heterocycles. The Morgan fingerprint density at radius 2 is 1.69 bits per heavy atom. The fraction of sp³-hybridized carbons (Fsp3) is 0.839. The number of ether oxygens (including phenoxy) is 1. The highest BCUT2D eigenvalue weighted by Crippen LogP contribution is 2.80. The van der Waals surface area contributed by atoms with E-state index in [2.05, 4.69) is 40.7 Å². The predicted molar refractivity (Wildman–Crippen MR) is 134 cm³/mol. The molecule has 5 aliphatic carbocycles. The lowest BCUT2D eigenvalue weighted by atomic mass is 9.30. The molecule has 11 atom stereocenters. The average molecular weight is 496 g/mol. The first-order chi connectivity index (χ1) is 16.7. The number of allylic oxidation sites excluding steroid dienone is 2. The van der Waals surface area contributed by atoms with Crippen molar-refractivity contribution in [2.24, 2.45) is 56.7 Å². The van der Waals surface area contributed by atoms with E-state index in [4.69, 9.17) is 4.74 Å². The molecule has 5 heteroatoms. The lowest BCUT2D eigenvalue weighted by Gasteiger charge is -2.73. The normalized spacial score (nSPS) is 56.8. The number of hydrogen-bond acceptors (Lipinski definition) is 4. The number of esters is 1. The van der Waals surface area contributed by atoms with Crippen LogP contribution in [0.15, 0.2) is 11.6 Å². The van der Waals surface area contributed by atoms with E-state index in [0.29, 0.717) is 12.3 Å². The molecule has 1 spiro atoms. The Morgan fingerprint density at radius 3 is 2.36 bits per heavy atom. The van der Waals surface area contributed by atoms with Gasteiger partial charge in [0, 0.05) is 16.7 Å². The number of alkyl halides is 1. The lowest BCUT2D eigenvalue weighted by molar-refractivity contribution is -0.297. The molecule has 2 bridgehead atoms. The van der Waals surface area contributed by atoms with E-state index in [1.807, 2.05) is 19.9 Å². The summed E-state index contributed by atoms with van der Waals surface area (Å²) in [5.41, 5.74) is -3.30. The van der Waals surface area contributed by atoms with Crippen LogP contribution in [0, 0.1) is 68.0 Å². The summed E-state index contributed by atoms with van der Waals surface area (Å²) in [7, 11) is 0. The van der Waals surface area contributed by atoms with E-state index >= 15 is 4.39 Å². The van der Waals surface area contributed by atoms with Crippen LogP contribution in [0.25, 0.3) is 0 Å². The zero-order valence-corrected chi connectivity index (χ0v) is 23.0. The number of hydrogen-bond donors (Lipinski definition) is 0. The molecule has 1 heterocycles. The molecule has 0 amide bonds. The van der Waals surface area contributed by atoms with Gasteiger partial charge in [0.25, 0.3) is 0 Å². The Bertz CT molecular complexity index is 1140. The standard InChI is InChI=1S/C31H42FNO3/c1-17-8-11-30-13-12-29(7)28(6)10-9-20-26(3,4)24(34)19(16-33)15-27(20,5)21(28)14-22(32)31(29,36-25(30)35)23(30)18(17)2/h15,17-18,20-23H,8-14H2,1-7H3/t17-,18+,20?,21-,22-,23?,27+,28-,29+,30+,31+/m1/s1. The summed E-state index contributed by atoms with van der Waals surface area (Å²) in [6.07, 6.45) is 6.12. The Hall–Kier alpha value is -1.70. The van der Waals surface area contributed by atoms with E-state index in [1.165, 1.54) is 0 Å². The van der Waals surface area contributed by atoms with Crippen molar-refractivity contribution in [1.29, 1.82) is 5.26 Å². The molecule has 0 N–H and O–H groups in total. The molecular weight excluding hydrogens is 453 g/mol. The summed E-state index contributed by atoms with van der Waals surface area (Å²) < 4.78 is 23.7. The van der Waals surface area contributed by atoms with Crippen molar-refractivity contribution in [3.63, 3.8) is 0 Å². The third-order valence-electron chi connectivity index (χ3n) is 13.8. The van der Waals surface area contributed by atoms with Gasteiger partial charge in [0.1, 0.15) is 12.2 Å². The SMILES string of the molecule is C[C@@H]1CC[C@@]23CC[C@]4(C)[C@@](OC2=O)(C3[C@H]1C)[C@H](F)C[C@@H]1[C@@]2(C)C=C(C#N)C(=O)C(C)(C)C2CC[C@]14C. The molecule has 4 nitrogen and oxygen atoms in total. The molecule has 5 fully saturated rings. The number of halogens is 1. The van der Waals surface area contributed by atoms with Crippen LogP contribution >= 0.6 is 0 Å². The van der Waals surface area contributed by atoms with Crippen LogP contribution in [-0.4, -0.2) is 23.5 Å². The quantitative estimate of drug-likeness (QED) is 0.356. The Labute approximate surface area is 215 Å². The maximum atomic E-state index is 17.2. The summed E-state index contributed by atoms with van der Waals surface area (Å²) in [6.45, 7) is 15.2. The first-order valence-corrected chi connectivity index (χ1v) is 14.2. The number of nitrogens with zero attached hydrogens (tertiary/aromatic N) is 1. The molecule has 196 valence electrons. The first kappa shape index (κ1) is 24.6. The average Bonchev–Trinajstić information content (AvgIpc) is 3.03. The van der Waals surface area contributed by atoms with Gasteiger partial charge < -0.3 is 4.74 Å². The molecule has 0 aromatic carbocycles. The molecule has 1 aliphatic heterocycles. The van der Waals surface area contributed by atoms with Crippen molar-refractivity contribution < 1.29 is 18.7 Å². The summed E-state index contributed by atoms with van der Waals surface area (Å²) in [5, 5.41) is 9.87. The van der Waals surface area contributed by atoms with Gasteiger partial charge in [-0.2, -0.15) is 5.26 Å². The fourth-order valence-electron chi connectivity index (χ4n) is 11.6. The predicted octanol–water partition coefficient (Wildman–Crippen LogP) is 6.59. The molecule has 6 rings (SSSR count). The Kier molecular flexibility index (Phi) is 4.67. The Morgan fingerprint density at radius 1 is 1.00 bits per heavy atom. The second-order valence-electron chi connectivity index (χ2n) is 14.9. The number of ketones is 1. The van der Waals surface area contributed by atoms with Gasteiger partial charge in [-0.1, -0.05) is 54.5 Å². The zero-order chi connectivity index (χ0) is 26.3. The minimum absolute atomic E-state index is 0.0341. The zero-order valence-electron chi connectivity index (χ0n) is 23.0.